The number of likely N-dealkylation sites (tertiary alicyclic amines) is 1. The maximum absolute atomic E-state index is 13.4. The van der Waals surface area contributed by atoms with Crippen LogP contribution in [0.4, 0.5) is 0 Å². The van der Waals surface area contributed by atoms with Gasteiger partial charge in [-0.3, -0.25) is 14.6 Å². The van der Waals surface area contributed by atoms with Crippen molar-refractivity contribution in [3.63, 3.8) is 0 Å². The number of hydrogen-bond donors (Lipinski definition) is 0. The van der Waals surface area contributed by atoms with Gasteiger partial charge in [-0.05, 0) is 51.0 Å². The Morgan fingerprint density at radius 2 is 1.88 bits per heavy atom. The van der Waals surface area contributed by atoms with Crippen molar-refractivity contribution in [3.8, 4) is 0 Å². The summed E-state index contributed by atoms with van der Waals surface area (Å²) in [7, 11) is 1.62. The molecular formula is C25H29N5O4. The largest absolute Gasteiger partial charge is 0.458 e. The number of ether oxygens (including phenoxy) is 1. The third-order valence-corrected chi connectivity index (χ3v) is 6.84. The lowest BCUT2D eigenvalue weighted by Gasteiger charge is -2.34. The van der Waals surface area contributed by atoms with Crippen LogP contribution >= 0.6 is 0 Å². The van der Waals surface area contributed by atoms with Gasteiger partial charge < -0.3 is 14.5 Å². The summed E-state index contributed by atoms with van der Waals surface area (Å²) in [4.78, 5) is 47.2. The third-order valence-electron chi connectivity index (χ3n) is 6.84. The number of hydrogen-bond acceptors (Lipinski definition) is 7. The Hall–Kier alpha value is -3.36. The number of nitrogens with zero attached hydrogens (tertiary/aromatic N) is 5. The van der Waals surface area contributed by atoms with Crippen LogP contribution in [0, 0.1) is 5.92 Å². The quantitative estimate of drug-likeness (QED) is 0.605. The van der Waals surface area contributed by atoms with Gasteiger partial charge in [-0.15, -0.1) is 5.10 Å². The summed E-state index contributed by atoms with van der Waals surface area (Å²) in [6, 6.07) is 7.11. The predicted molar refractivity (Wildman–Crippen MR) is 126 cm³/mol. The lowest BCUT2D eigenvalue weighted by atomic mass is 9.90. The predicted octanol–water partition coefficient (Wildman–Crippen LogP) is 0.461. The van der Waals surface area contributed by atoms with Gasteiger partial charge in [-0.25, -0.2) is 4.79 Å². The topological polar surface area (TPSA) is 104 Å². The molecule has 1 aromatic rings. The molecule has 0 spiro atoms. The van der Waals surface area contributed by atoms with Gasteiger partial charge in [0.25, 0.3) is 11.8 Å². The Kier molecular flexibility index (Phi) is 5.18. The molecule has 178 valence electrons. The molecule has 1 aromatic carbocycles. The molecule has 0 aromatic heterocycles. The van der Waals surface area contributed by atoms with Crippen molar-refractivity contribution in [1.29, 1.82) is 0 Å². The maximum Gasteiger partial charge on any atom is 0.332 e. The summed E-state index contributed by atoms with van der Waals surface area (Å²) >= 11 is 0. The van der Waals surface area contributed by atoms with Crippen molar-refractivity contribution >= 4 is 35.3 Å². The second-order valence-corrected chi connectivity index (χ2v) is 10.4. The number of amides is 2. The smallest absolute Gasteiger partial charge is 0.332 e. The monoisotopic (exact) mass is 463 g/mol. The minimum Gasteiger partial charge on any atom is -0.458 e. The summed E-state index contributed by atoms with van der Waals surface area (Å²) in [5.41, 5.74) is -0.508. The van der Waals surface area contributed by atoms with Gasteiger partial charge in [-0.1, -0.05) is 18.2 Å². The summed E-state index contributed by atoms with van der Waals surface area (Å²) in [6.07, 6.45) is 3.54. The van der Waals surface area contributed by atoms with Gasteiger partial charge in [0, 0.05) is 26.6 Å². The molecule has 0 radical (unpaired) electrons. The molecule has 3 aliphatic heterocycles. The molecule has 2 fully saturated rings. The standard InChI is InChI=1S/C25H29N5O4/c1-24(2,3)34-23(33)25(10-11-25)29(4)22(32)20-16-14-30(12-9-18(16)27-28-20)21(31)19-13-15-7-5-6-8-17(15)26-19/h5-8,13,16,19H,9-12,14H2,1-4H3. The Labute approximate surface area is 197 Å². The number of fused-ring (bicyclic) bond motifs is 2. The van der Waals surface area contributed by atoms with Crippen LogP contribution in [0.2, 0.25) is 0 Å². The molecule has 1 saturated carbocycles. The summed E-state index contributed by atoms with van der Waals surface area (Å²) < 4.78 is 5.57. The van der Waals surface area contributed by atoms with Gasteiger partial charge in [-0.2, -0.15) is 5.10 Å². The van der Waals surface area contributed by atoms with Crippen molar-refractivity contribution in [2.24, 2.45) is 21.1 Å². The van der Waals surface area contributed by atoms with E-state index in [1.807, 2.05) is 51.1 Å². The molecule has 9 nitrogen and oxygen atoms in total. The zero-order valence-electron chi connectivity index (χ0n) is 19.9. The minimum absolute atomic E-state index is 0.0882. The van der Waals surface area contributed by atoms with Crippen molar-refractivity contribution < 1.29 is 19.1 Å². The average molecular weight is 464 g/mol. The first kappa shape index (κ1) is 22.4. The molecule has 4 aliphatic rings. The highest BCUT2D eigenvalue weighted by molar-refractivity contribution is 6.45. The molecule has 0 N–H and O–H groups in total. The Balaban J connectivity index is 1.29. The van der Waals surface area contributed by atoms with E-state index in [2.05, 4.69) is 15.2 Å². The van der Waals surface area contributed by atoms with E-state index >= 15 is 0 Å². The lowest BCUT2D eigenvalue weighted by Crippen LogP contribution is -2.54. The maximum atomic E-state index is 13.4. The fraction of sp³-hybridized carbons (Fsp3) is 0.520. The summed E-state index contributed by atoms with van der Waals surface area (Å²) in [6.45, 7) is 6.27. The highest BCUT2D eigenvalue weighted by atomic mass is 16.6. The van der Waals surface area contributed by atoms with Crippen LogP contribution in [-0.2, 0) is 19.1 Å². The molecule has 1 aliphatic carbocycles. The highest BCUT2D eigenvalue weighted by Crippen LogP contribution is 2.43. The first-order valence-electron chi connectivity index (χ1n) is 11.7. The van der Waals surface area contributed by atoms with E-state index in [4.69, 9.17) is 4.74 Å². The molecule has 34 heavy (non-hydrogen) atoms. The van der Waals surface area contributed by atoms with Crippen LogP contribution in [-0.4, -0.2) is 76.3 Å². The fourth-order valence-corrected chi connectivity index (χ4v) is 4.74. The zero-order valence-corrected chi connectivity index (χ0v) is 19.9. The van der Waals surface area contributed by atoms with Gasteiger partial charge >= 0.3 is 5.97 Å². The molecular weight excluding hydrogens is 434 g/mol. The van der Waals surface area contributed by atoms with E-state index in [0.717, 1.165) is 16.3 Å². The number of piperidine rings is 1. The van der Waals surface area contributed by atoms with Crippen molar-refractivity contribution in [3.05, 3.63) is 34.8 Å². The fourth-order valence-electron chi connectivity index (χ4n) is 4.74. The number of benzene rings is 1. The Bertz CT molecular complexity index is 1220. The molecule has 2 atom stereocenters. The first-order valence-corrected chi connectivity index (χ1v) is 11.7. The van der Waals surface area contributed by atoms with Crippen molar-refractivity contribution in [2.75, 3.05) is 20.1 Å². The Morgan fingerprint density at radius 1 is 1.15 bits per heavy atom. The molecule has 2 amide bonds. The number of likely N-dealkylation sites (N-methyl/N-ethyl adjacent to an activating group) is 1. The Morgan fingerprint density at radius 3 is 2.56 bits per heavy atom. The van der Waals surface area contributed by atoms with Crippen LogP contribution in [0.3, 0.4) is 0 Å². The molecule has 0 bridgehead atoms. The molecule has 3 heterocycles. The van der Waals surface area contributed by atoms with Crippen LogP contribution in [0.15, 0.2) is 39.5 Å². The van der Waals surface area contributed by atoms with Crippen LogP contribution in [0.25, 0.3) is 6.08 Å². The molecule has 9 heteroatoms. The van der Waals surface area contributed by atoms with E-state index < -0.39 is 23.2 Å². The molecule has 2 unspecified atom stereocenters. The van der Waals surface area contributed by atoms with Gasteiger partial charge in [0.1, 0.15) is 22.9 Å². The van der Waals surface area contributed by atoms with Gasteiger partial charge in [0.05, 0.1) is 17.0 Å². The van der Waals surface area contributed by atoms with E-state index in [9.17, 15) is 14.4 Å². The number of rotatable bonds is 4. The third kappa shape index (κ3) is 3.82. The van der Waals surface area contributed by atoms with Crippen LogP contribution in [0.5, 0.6) is 0 Å². The number of carbonyl (C=O) groups is 3. The summed E-state index contributed by atoms with van der Waals surface area (Å²) in [5, 5.41) is 10.2. The van der Waals surface area contributed by atoms with Gasteiger partial charge in [0.15, 0.2) is 0 Å². The van der Waals surface area contributed by atoms with Crippen LogP contribution < -0.4 is 10.6 Å². The zero-order chi connectivity index (χ0) is 24.3. The van der Waals surface area contributed by atoms with Crippen LogP contribution in [0.1, 0.15) is 40.0 Å². The number of para-hydroxylation sites is 1. The highest BCUT2D eigenvalue weighted by Gasteiger charge is 2.58. The SMILES string of the molecule is CN(C(=O)C1=NN=C2CCN(C(=O)C3C=c4ccccc4=N3)CC21)C1(C(=O)OC(C)(C)C)CC1. The van der Waals surface area contributed by atoms with Crippen molar-refractivity contribution in [2.45, 2.75) is 57.2 Å². The second kappa shape index (κ2) is 7.85. The molecule has 1 saturated heterocycles. The van der Waals surface area contributed by atoms with E-state index in [0.29, 0.717) is 32.4 Å². The van der Waals surface area contributed by atoms with Gasteiger partial charge in [0.2, 0.25) is 0 Å². The normalized spacial score (nSPS) is 24.1. The minimum atomic E-state index is -0.955. The summed E-state index contributed by atoms with van der Waals surface area (Å²) in [5.74, 6) is -1.19. The second-order valence-electron chi connectivity index (χ2n) is 10.4. The number of esters is 1. The average Bonchev–Trinajstić information content (AvgIpc) is 3.32. The van der Waals surface area contributed by atoms with Crippen molar-refractivity contribution in [1.82, 2.24) is 9.80 Å². The van der Waals surface area contributed by atoms with E-state index in [1.54, 1.807) is 11.9 Å². The number of carbonyl (C=O) groups excluding carboxylic acids is 3. The first-order chi connectivity index (χ1) is 16.1. The van der Waals surface area contributed by atoms with E-state index in [1.165, 1.54) is 4.90 Å². The molecule has 5 rings (SSSR count). The van der Waals surface area contributed by atoms with E-state index in [-0.39, 0.29) is 23.4 Å². The lowest BCUT2D eigenvalue weighted by molar-refractivity contribution is -0.165.